The van der Waals surface area contributed by atoms with E-state index in [2.05, 4.69) is 57.8 Å². The van der Waals surface area contributed by atoms with Gasteiger partial charge in [-0.25, -0.2) is 4.79 Å². The molecule has 244 valence electrons. The van der Waals surface area contributed by atoms with Gasteiger partial charge < -0.3 is 24.6 Å². The number of nitrogens with one attached hydrogen (secondary N) is 1. The summed E-state index contributed by atoms with van der Waals surface area (Å²) < 4.78 is 6.41. The number of fused-ring (bicyclic) bond motifs is 3. The number of pyridine rings is 1. The van der Waals surface area contributed by atoms with Gasteiger partial charge in [-0.3, -0.25) is 4.90 Å². The molecule has 1 saturated carbocycles. The number of halogens is 1. The Morgan fingerprint density at radius 1 is 1.04 bits per heavy atom. The van der Waals surface area contributed by atoms with Crippen LogP contribution in [0.1, 0.15) is 68.3 Å². The molecule has 0 radical (unpaired) electrons. The van der Waals surface area contributed by atoms with Crippen molar-refractivity contribution < 1.29 is 14.6 Å². The fourth-order valence-corrected chi connectivity index (χ4v) is 8.30. The zero-order valence-corrected chi connectivity index (χ0v) is 27.9. The Labute approximate surface area is 281 Å². The van der Waals surface area contributed by atoms with Crippen LogP contribution in [0.25, 0.3) is 16.6 Å². The van der Waals surface area contributed by atoms with Gasteiger partial charge >= 0.3 is 5.97 Å². The van der Waals surface area contributed by atoms with Gasteiger partial charge in [0.2, 0.25) is 5.88 Å². The number of aromatic carboxylic acids is 1. The van der Waals surface area contributed by atoms with E-state index in [-0.39, 0.29) is 12.1 Å². The lowest BCUT2D eigenvalue weighted by molar-refractivity contribution is 0.0697. The summed E-state index contributed by atoms with van der Waals surface area (Å²) in [6, 6.07) is 18.4. The van der Waals surface area contributed by atoms with Crippen LogP contribution in [0.2, 0.25) is 5.02 Å². The number of aromatic nitrogens is 2. The lowest BCUT2D eigenvalue weighted by Crippen LogP contribution is -2.47. The van der Waals surface area contributed by atoms with Crippen LogP contribution >= 0.6 is 11.6 Å². The van der Waals surface area contributed by atoms with E-state index in [9.17, 15) is 9.90 Å². The van der Waals surface area contributed by atoms with Crippen molar-refractivity contribution in [3.8, 4) is 5.88 Å². The van der Waals surface area contributed by atoms with E-state index in [0.29, 0.717) is 16.9 Å². The molecule has 8 nitrogen and oxygen atoms in total. The third-order valence-electron chi connectivity index (χ3n) is 10.8. The number of piperazine rings is 1. The second-order valence-electron chi connectivity index (χ2n) is 14.5. The summed E-state index contributed by atoms with van der Waals surface area (Å²) in [7, 11) is 0. The maximum Gasteiger partial charge on any atom is 0.337 e. The largest absolute Gasteiger partial charge is 0.478 e. The molecule has 2 aromatic carbocycles. The first-order chi connectivity index (χ1) is 22.7. The molecule has 2 aliphatic heterocycles. The highest BCUT2D eigenvalue weighted by Gasteiger charge is 2.42. The molecule has 2 fully saturated rings. The number of hydrogen-bond acceptors (Lipinski definition) is 6. The highest BCUT2D eigenvalue weighted by atomic mass is 35.5. The van der Waals surface area contributed by atoms with Crippen molar-refractivity contribution in [3.63, 3.8) is 0 Å². The molecule has 0 bridgehead atoms. The SMILES string of the molecule is CC1(C)CCC(CN2CCN(c3ccc(C(=O)O)c(N4c5cc6cc[nH]c6nc5O[C@H]5CCC[C@@H]54)c3)CC2)=C(c2ccc(Cl)cc2)C1. The predicted molar refractivity (Wildman–Crippen MR) is 188 cm³/mol. The molecule has 4 aliphatic rings. The average Bonchev–Trinajstić information content (AvgIpc) is 3.73. The van der Waals surface area contributed by atoms with Crippen molar-refractivity contribution in [1.82, 2.24) is 14.9 Å². The van der Waals surface area contributed by atoms with Crippen molar-refractivity contribution >= 4 is 51.2 Å². The summed E-state index contributed by atoms with van der Waals surface area (Å²) >= 11 is 6.23. The van der Waals surface area contributed by atoms with E-state index in [1.54, 1.807) is 11.6 Å². The molecular weight excluding hydrogens is 610 g/mol. The zero-order chi connectivity index (χ0) is 32.3. The number of benzene rings is 2. The van der Waals surface area contributed by atoms with E-state index in [1.165, 1.54) is 17.6 Å². The van der Waals surface area contributed by atoms with Crippen molar-refractivity contribution in [1.29, 1.82) is 0 Å². The number of aromatic amines is 1. The van der Waals surface area contributed by atoms with Crippen molar-refractivity contribution in [2.45, 2.75) is 64.5 Å². The summed E-state index contributed by atoms with van der Waals surface area (Å²) in [5, 5.41) is 12.1. The summed E-state index contributed by atoms with van der Waals surface area (Å²) in [4.78, 5) is 27.8. The van der Waals surface area contributed by atoms with E-state index in [4.69, 9.17) is 21.3 Å². The second kappa shape index (κ2) is 11.9. The van der Waals surface area contributed by atoms with Gasteiger partial charge in [0.05, 0.1) is 17.3 Å². The number of carboxylic acid groups (broad SMARTS) is 1. The molecule has 2 N–H and O–H groups in total. The number of ether oxygens (including phenoxy) is 1. The van der Waals surface area contributed by atoms with Gasteiger partial charge in [0.25, 0.3) is 0 Å². The average molecular weight is 652 g/mol. The van der Waals surface area contributed by atoms with Crippen molar-refractivity contribution in [2.75, 3.05) is 42.5 Å². The van der Waals surface area contributed by atoms with Gasteiger partial charge in [-0.05, 0) is 97.5 Å². The summed E-state index contributed by atoms with van der Waals surface area (Å²) in [6.45, 7) is 9.42. The molecule has 0 spiro atoms. The first-order valence-corrected chi connectivity index (χ1v) is 17.4. The molecule has 8 rings (SSSR count). The number of rotatable bonds is 6. The molecule has 2 aromatic heterocycles. The van der Waals surface area contributed by atoms with Crippen LogP contribution in [0.3, 0.4) is 0 Å². The van der Waals surface area contributed by atoms with Gasteiger partial charge in [-0.15, -0.1) is 0 Å². The van der Waals surface area contributed by atoms with E-state index < -0.39 is 5.97 Å². The third-order valence-corrected chi connectivity index (χ3v) is 11.0. The van der Waals surface area contributed by atoms with Gasteiger partial charge in [0, 0.05) is 55.0 Å². The van der Waals surface area contributed by atoms with Crippen LogP contribution in [-0.2, 0) is 0 Å². The van der Waals surface area contributed by atoms with Crippen LogP contribution in [0, 0.1) is 5.41 Å². The Balaban J connectivity index is 1.06. The van der Waals surface area contributed by atoms with Gasteiger partial charge in [-0.2, -0.15) is 4.98 Å². The minimum Gasteiger partial charge on any atom is -0.478 e. The van der Waals surface area contributed by atoms with Crippen LogP contribution in [-0.4, -0.2) is 70.8 Å². The summed E-state index contributed by atoms with van der Waals surface area (Å²) in [6.07, 6.45) is 8.18. The first-order valence-electron chi connectivity index (χ1n) is 17.0. The highest BCUT2D eigenvalue weighted by molar-refractivity contribution is 6.30. The van der Waals surface area contributed by atoms with Crippen molar-refractivity contribution in [3.05, 3.63) is 82.5 Å². The molecule has 4 aromatic rings. The number of allylic oxidation sites excluding steroid dienone is 1. The molecule has 0 amide bonds. The number of hydrogen-bond donors (Lipinski definition) is 2. The van der Waals surface area contributed by atoms with Gasteiger partial charge in [0.1, 0.15) is 17.4 Å². The second-order valence-corrected chi connectivity index (χ2v) is 14.9. The zero-order valence-electron chi connectivity index (χ0n) is 27.1. The molecule has 2 aliphatic carbocycles. The highest BCUT2D eigenvalue weighted by Crippen LogP contribution is 2.48. The smallest absolute Gasteiger partial charge is 0.337 e. The lowest BCUT2D eigenvalue weighted by Gasteiger charge is -2.41. The van der Waals surface area contributed by atoms with E-state index >= 15 is 0 Å². The van der Waals surface area contributed by atoms with Gasteiger partial charge in [0.15, 0.2) is 0 Å². The standard InChI is InChI=1S/C38H42ClN5O3/c1-38(2)14-12-26(30(22-38)24-6-8-27(39)9-7-24)23-42-16-18-43(19-17-42)28-10-11-29(37(45)46)32(21-28)44-31-4-3-5-34(31)47-36-33(44)20-25-13-15-40-35(25)41-36/h6-11,13,15,20-21,31,34H,3-5,12,14,16-19,22-23H2,1-2H3,(H,40,41)(H,45,46)/t31-,34-/m0/s1. The quantitative estimate of drug-likeness (QED) is 0.218. The molecule has 1 saturated heterocycles. The maximum atomic E-state index is 12.6. The van der Waals surface area contributed by atoms with Crippen LogP contribution < -0.4 is 14.5 Å². The Morgan fingerprint density at radius 2 is 1.85 bits per heavy atom. The number of carbonyl (C=O) groups is 1. The molecule has 0 unspecified atom stereocenters. The minimum atomic E-state index is -0.921. The number of H-pyrrole nitrogens is 1. The topological polar surface area (TPSA) is 84.9 Å². The Bertz CT molecular complexity index is 1860. The van der Waals surface area contributed by atoms with E-state index in [0.717, 1.165) is 97.9 Å². The fraction of sp³-hybridized carbons (Fsp3) is 0.421. The fourth-order valence-electron chi connectivity index (χ4n) is 8.18. The monoisotopic (exact) mass is 651 g/mol. The molecule has 2 atom stereocenters. The van der Waals surface area contributed by atoms with Gasteiger partial charge in [-0.1, -0.05) is 43.2 Å². The Morgan fingerprint density at radius 3 is 2.64 bits per heavy atom. The lowest BCUT2D eigenvalue weighted by atomic mass is 9.72. The maximum absolute atomic E-state index is 12.6. The predicted octanol–water partition coefficient (Wildman–Crippen LogP) is 8.15. The van der Waals surface area contributed by atoms with Crippen LogP contribution in [0.5, 0.6) is 5.88 Å². The Hall–Kier alpha value is -4.01. The van der Waals surface area contributed by atoms with Crippen LogP contribution in [0.15, 0.2) is 66.4 Å². The summed E-state index contributed by atoms with van der Waals surface area (Å²) in [5.74, 6) is -0.355. The first kappa shape index (κ1) is 30.3. The molecule has 9 heteroatoms. The van der Waals surface area contributed by atoms with E-state index in [1.807, 2.05) is 30.5 Å². The van der Waals surface area contributed by atoms with Crippen molar-refractivity contribution in [2.24, 2.45) is 5.41 Å². The number of nitrogens with zero attached hydrogens (tertiary/aromatic N) is 4. The molecule has 47 heavy (non-hydrogen) atoms. The summed E-state index contributed by atoms with van der Waals surface area (Å²) in [5.41, 5.74) is 8.32. The molecule has 4 heterocycles. The van der Waals surface area contributed by atoms with Crippen LogP contribution in [0.4, 0.5) is 17.1 Å². The number of carboxylic acids is 1. The Kier molecular flexibility index (Phi) is 7.68. The third kappa shape index (κ3) is 5.76. The normalized spacial score (nSPS) is 22.7. The minimum absolute atomic E-state index is 0.0197. The molecular formula is C38H42ClN5O3. The number of anilines is 3.